The molecular weight excluding hydrogens is 314 g/mol. The van der Waals surface area contributed by atoms with Crippen molar-refractivity contribution in [2.45, 2.75) is 26.2 Å². The maximum absolute atomic E-state index is 12.1. The summed E-state index contributed by atoms with van der Waals surface area (Å²) in [5.41, 5.74) is 3.07. The second kappa shape index (κ2) is 8.92. The van der Waals surface area contributed by atoms with Crippen LogP contribution in [-0.4, -0.2) is 19.6 Å². The number of carbonyl (C=O) groups excluding carboxylic acids is 1. The van der Waals surface area contributed by atoms with Gasteiger partial charge in [-0.05, 0) is 47.7 Å². The van der Waals surface area contributed by atoms with Gasteiger partial charge >= 0.3 is 0 Å². The van der Waals surface area contributed by atoms with E-state index in [0.29, 0.717) is 17.4 Å². The number of allylic oxidation sites excluding steroid dienone is 1. The quantitative estimate of drug-likeness (QED) is 0.717. The standard InChI is InChI=1S/C21H25NO3/c1-5-6-16-7-12-19(20(13-16)24-4)25-14-21(23)22-18-10-8-17(9-11-18)15(2)3/h5,7-13,15H,1,6,14H2,2-4H3,(H,22,23). The second-order valence-electron chi connectivity index (χ2n) is 6.09. The average molecular weight is 339 g/mol. The highest BCUT2D eigenvalue weighted by Crippen LogP contribution is 2.28. The zero-order valence-corrected chi connectivity index (χ0v) is 15.0. The van der Waals surface area contributed by atoms with E-state index in [0.717, 1.165) is 17.7 Å². The van der Waals surface area contributed by atoms with E-state index in [9.17, 15) is 4.79 Å². The average Bonchev–Trinajstić information content (AvgIpc) is 2.61. The maximum atomic E-state index is 12.1. The van der Waals surface area contributed by atoms with Crippen LogP contribution in [0.4, 0.5) is 5.69 Å². The molecule has 0 unspecified atom stereocenters. The molecule has 0 fully saturated rings. The first-order valence-electron chi connectivity index (χ1n) is 8.34. The Morgan fingerprint density at radius 1 is 1.16 bits per heavy atom. The topological polar surface area (TPSA) is 47.6 Å². The van der Waals surface area contributed by atoms with Gasteiger partial charge in [0.1, 0.15) is 0 Å². The Morgan fingerprint density at radius 3 is 2.48 bits per heavy atom. The smallest absolute Gasteiger partial charge is 0.262 e. The van der Waals surface area contributed by atoms with Gasteiger partial charge in [-0.25, -0.2) is 0 Å². The third-order valence-electron chi connectivity index (χ3n) is 3.83. The highest BCUT2D eigenvalue weighted by molar-refractivity contribution is 5.91. The summed E-state index contributed by atoms with van der Waals surface area (Å²) < 4.78 is 10.9. The molecule has 1 amide bonds. The second-order valence-corrected chi connectivity index (χ2v) is 6.09. The van der Waals surface area contributed by atoms with Crippen LogP contribution in [0.15, 0.2) is 55.1 Å². The van der Waals surface area contributed by atoms with Crippen LogP contribution in [0.3, 0.4) is 0 Å². The molecule has 0 spiro atoms. The summed E-state index contributed by atoms with van der Waals surface area (Å²) in [6.45, 7) is 7.91. The SMILES string of the molecule is C=CCc1ccc(OCC(=O)Nc2ccc(C(C)C)cc2)c(OC)c1. The van der Waals surface area contributed by atoms with Crippen LogP contribution in [0.25, 0.3) is 0 Å². The van der Waals surface area contributed by atoms with E-state index >= 15 is 0 Å². The van der Waals surface area contributed by atoms with Gasteiger partial charge in [0.05, 0.1) is 7.11 Å². The van der Waals surface area contributed by atoms with E-state index in [4.69, 9.17) is 9.47 Å². The molecule has 2 rings (SSSR count). The van der Waals surface area contributed by atoms with Gasteiger partial charge in [-0.2, -0.15) is 0 Å². The number of rotatable bonds is 8. The number of anilines is 1. The van der Waals surface area contributed by atoms with E-state index in [2.05, 4.69) is 25.7 Å². The molecule has 0 aliphatic carbocycles. The summed E-state index contributed by atoms with van der Waals surface area (Å²) in [4.78, 5) is 12.1. The summed E-state index contributed by atoms with van der Waals surface area (Å²) >= 11 is 0. The van der Waals surface area contributed by atoms with Crippen molar-refractivity contribution in [3.63, 3.8) is 0 Å². The first-order chi connectivity index (χ1) is 12.0. The van der Waals surface area contributed by atoms with Crippen LogP contribution < -0.4 is 14.8 Å². The fraction of sp³-hybridized carbons (Fsp3) is 0.286. The Labute approximate surface area is 149 Å². The van der Waals surface area contributed by atoms with E-state index in [1.54, 1.807) is 7.11 Å². The van der Waals surface area contributed by atoms with Crippen molar-refractivity contribution < 1.29 is 14.3 Å². The van der Waals surface area contributed by atoms with Crippen LogP contribution >= 0.6 is 0 Å². The Hall–Kier alpha value is -2.75. The van der Waals surface area contributed by atoms with Crippen LogP contribution in [-0.2, 0) is 11.2 Å². The van der Waals surface area contributed by atoms with E-state index in [1.807, 2.05) is 48.5 Å². The molecule has 0 heterocycles. The van der Waals surface area contributed by atoms with Gasteiger partial charge in [-0.3, -0.25) is 4.79 Å². The molecule has 4 nitrogen and oxygen atoms in total. The molecule has 0 aliphatic rings. The molecule has 0 radical (unpaired) electrons. The zero-order chi connectivity index (χ0) is 18.2. The molecule has 25 heavy (non-hydrogen) atoms. The van der Waals surface area contributed by atoms with Crippen LogP contribution in [0, 0.1) is 0 Å². The molecule has 0 aromatic heterocycles. The lowest BCUT2D eigenvalue weighted by Crippen LogP contribution is -2.20. The Morgan fingerprint density at radius 2 is 1.88 bits per heavy atom. The third kappa shape index (κ3) is 5.38. The molecule has 0 saturated heterocycles. The van der Waals surface area contributed by atoms with Crippen LogP contribution in [0.5, 0.6) is 11.5 Å². The number of hydrogen-bond donors (Lipinski definition) is 1. The van der Waals surface area contributed by atoms with Gasteiger partial charge in [-0.1, -0.05) is 38.1 Å². The van der Waals surface area contributed by atoms with Crippen molar-refractivity contribution in [1.82, 2.24) is 0 Å². The van der Waals surface area contributed by atoms with Crippen molar-refractivity contribution in [2.75, 3.05) is 19.0 Å². The van der Waals surface area contributed by atoms with Gasteiger partial charge in [0, 0.05) is 5.69 Å². The number of benzene rings is 2. The van der Waals surface area contributed by atoms with Gasteiger partial charge in [0.15, 0.2) is 18.1 Å². The Kier molecular flexibility index (Phi) is 6.63. The fourth-order valence-electron chi connectivity index (χ4n) is 2.42. The summed E-state index contributed by atoms with van der Waals surface area (Å²) in [5, 5.41) is 2.83. The van der Waals surface area contributed by atoms with Gasteiger partial charge in [0.25, 0.3) is 5.91 Å². The van der Waals surface area contributed by atoms with E-state index < -0.39 is 0 Å². The molecule has 0 aliphatic heterocycles. The molecular formula is C21H25NO3. The fourth-order valence-corrected chi connectivity index (χ4v) is 2.42. The van der Waals surface area contributed by atoms with Crippen LogP contribution in [0.1, 0.15) is 30.9 Å². The highest BCUT2D eigenvalue weighted by atomic mass is 16.5. The van der Waals surface area contributed by atoms with Gasteiger partial charge < -0.3 is 14.8 Å². The minimum absolute atomic E-state index is 0.0803. The predicted molar refractivity (Wildman–Crippen MR) is 102 cm³/mol. The normalized spacial score (nSPS) is 10.4. The summed E-state index contributed by atoms with van der Waals surface area (Å²) in [6.07, 6.45) is 2.58. The lowest BCUT2D eigenvalue weighted by molar-refractivity contribution is -0.118. The molecule has 0 atom stereocenters. The number of ether oxygens (including phenoxy) is 2. The Balaban J connectivity index is 1.94. The number of carbonyl (C=O) groups is 1. The Bertz CT molecular complexity index is 720. The number of methoxy groups -OCH3 is 1. The molecule has 0 saturated carbocycles. The third-order valence-corrected chi connectivity index (χ3v) is 3.83. The molecule has 2 aromatic rings. The summed E-state index contributed by atoms with van der Waals surface area (Å²) in [7, 11) is 1.58. The first kappa shape index (κ1) is 18.6. The summed E-state index contributed by atoms with van der Waals surface area (Å²) in [5.74, 6) is 1.40. The van der Waals surface area contributed by atoms with Crippen molar-refractivity contribution in [1.29, 1.82) is 0 Å². The molecule has 2 aromatic carbocycles. The number of nitrogens with one attached hydrogen (secondary N) is 1. The monoisotopic (exact) mass is 339 g/mol. The highest BCUT2D eigenvalue weighted by Gasteiger charge is 2.09. The van der Waals surface area contributed by atoms with Gasteiger partial charge in [-0.15, -0.1) is 6.58 Å². The van der Waals surface area contributed by atoms with Crippen molar-refractivity contribution in [3.05, 3.63) is 66.2 Å². The minimum atomic E-state index is -0.213. The minimum Gasteiger partial charge on any atom is -0.493 e. The molecule has 132 valence electrons. The first-order valence-corrected chi connectivity index (χ1v) is 8.34. The number of hydrogen-bond acceptors (Lipinski definition) is 3. The predicted octanol–water partition coefficient (Wildman–Crippen LogP) is 4.56. The number of amides is 1. The molecule has 4 heteroatoms. The van der Waals surface area contributed by atoms with Gasteiger partial charge in [0.2, 0.25) is 0 Å². The van der Waals surface area contributed by atoms with E-state index in [-0.39, 0.29) is 12.5 Å². The molecule has 1 N–H and O–H groups in total. The molecule has 0 bridgehead atoms. The van der Waals surface area contributed by atoms with Crippen molar-refractivity contribution >= 4 is 11.6 Å². The lowest BCUT2D eigenvalue weighted by atomic mass is 10.0. The maximum Gasteiger partial charge on any atom is 0.262 e. The van der Waals surface area contributed by atoms with E-state index in [1.165, 1.54) is 5.56 Å². The van der Waals surface area contributed by atoms with Crippen molar-refractivity contribution in [2.24, 2.45) is 0 Å². The zero-order valence-electron chi connectivity index (χ0n) is 15.0. The summed E-state index contributed by atoms with van der Waals surface area (Å²) in [6, 6.07) is 13.5. The van der Waals surface area contributed by atoms with Crippen molar-refractivity contribution in [3.8, 4) is 11.5 Å². The lowest BCUT2D eigenvalue weighted by Gasteiger charge is -2.12. The largest absolute Gasteiger partial charge is 0.493 e. The van der Waals surface area contributed by atoms with Crippen LogP contribution in [0.2, 0.25) is 0 Å².